The molecule has 2 nitrogen and oxygen atoms in total. The van der Waals surface area contributed by atoms with Crippen molar-refractivity contribution < 1.29 is 0 Å². The highest BCUT2D eigenvalue weighted by molar-refractivity contribution is 7.19. The number of nitrogens with zero attached hydrogens (tertiary/aromatic N) is 1. The molecule has 1 aromatic heterocycles. The van der Waals surface area contributed by atoms with Gasteiger partial charge in [0.25, 0.3) is 0 Å². The maximum absolute atomic E-state index is 6.26. The van der Waals surface area contributed by atoms with Crippen LogP contribution in [0.3, 0.4) is 0 Å². The van der Waals surface area contributed by atoms with Gasteiger partial charge in [0.1, 0.15) is 0 Å². The van der Waals surface area contributed by atoms with Crippen LogP contribution in [0.4, 0.5) is 0 Å². The van der Waals surface area contributed by atoms with Gasteiger partial charge < -0.3 is 5.32 Å². The Labute approximate surface area is 123 Å². The highest BCUT2D eigenvalue weighted by atomic mass is 35.5. The van der Waals surface area contributed by atoms with E-state index in [2.05, 4.69) is 25.2 Å². The number of piperidine rings is 1. The molecule has 0 saturated carbocycles. The van der Waals surface area contributed by atoms with Gasteiger partial charge in [-0.2, -0.15) is 0 Å². The standard InChI is InChI=1S/C15H19ClN2S/c1-15(2,10-5-4-8-17-9-10)14-18-12-7-3-6-11(16)13(12)19-14/h3,6-7,10,17H,4-5,8-9H2,1-2H3. The van der Waals surface area contributed by atoms with E-state index in [0.717, 1.165) is 28.3 Å². The monoisotopic (exact) mass is 294 g/mol. The lowest BCUT2D eigenvalue weighted by molar-refractivity contribution is 0.251. The molecule has 1 saturated heterocycles. The van der Waals surface area contributed by atoms with Crippen molar-refractivity contribution in [2.24, 2.45) is 5.92 Å². The van der Waals surface area contributed by atoms with E-state index in [0.29, 0.717) is 5.92 Å². The maximum atomic E-state index is 6.26. The van der Waals surface area contributed by atoms with Crippen LogP contribution in [0.15, 0.2) is 18.2 Å². The molecule has 2 aromatic rings. The van der Waals surface area contributed by atoms with Gasteiger partial charge in [0.15, 0.2) is 0 Å². The smallest absolute Gasteiger partial charge is 0.0998 e. The lowest BCUT2D eigenvalue weighted by atomic mass is 9.75. The SMILES string of the molecule is CC(C)(c1nc2cccc(Cl)c2s1)C1CCCNC1. The topological polar surface area (TPSA) is 24.9 Å². The fourth-order valence-corrected chi connectivity index (χ4v) is 4.27. The molecule has 0 bridgehead atoms. The number of hydrogen-bond acceptors (Lipinski definition) is 3. The second-order valence-electron chi connectivity index (χ2n) is 5.87. The maximum Gasteiger partial charge on any atom is 0.0998 e. The van der Waals surface area contributed by atoms with E-state index in [9.17, 15) is 0 Å². The zero-order valence-electron chi connectivity index (χ0n) is 11.4. The number of nitrogens with one attached hydrogen (secondary N) is 1. The van der Waals surface area contributed by atoms with Crippen molar-refractivity contribution >= 4 is 33.2 Å². The molecule has 1 unspecified atom stereocenters. The third-order valence-corrected chi connectivity index (χ3v) is 6.11. The van der Waals surface area contributed by atoms with Crippen molar-refractivity contribution in [3.8, 4) is 0 Å². The highest BCUT2D eigenvalue weighted by Crippen LogP contribution is 2.40. The largest absolute Gasteiger partial charge is 0.316 e. The molecule has 4 heteroatoms. The Morgan fingerprint density at radius 3 is 2.95 bits per heavy atom. The Morgan fingerprint density at radius 2 is 2.26 bits per heavy atom. The van der Waals surface area contributed by atoms with Crippen molar-refractivity contribution in [3.63, 3.8) is 0 Å². The van der Waals surface area contributed by atoms with Crippen molar-refractivity contribution in [3.05, 3.63) is 28.2 Å². The average Bonchev–Trinajstić information content (AvgIpc) is 2.86. The molecule has 0 radical (unpaired) electrons. The summed E-state index contributed by atoms with van der Waals surface area (Å²) in [7, 11) is 0. The number of aromatic nitrogens is 1. The van der Waals surface area contributed by atoms with Crippen molar-refractivity contribution in [1.82, 2.24) is 10.3 Å². The van der Waals surface area contributed by atoms with E-state index in [4.69, 9.17) is 16.6 Å². The average molecular weight is 295 g/mol. The molecule has 1 N–H and O–H groups in total. The van der Waals surface area contributed by atoms with Crippen LogP contribution in [0.5, 0.6) is 0 Å². The number of benzene rings is 1. The molecule has 102 valence electrons. The van der Waals surface area contributed by atoms with Gasteiger partial charge in [-0.1, -0.05) is 31.5 Å². The lowest BCUT2D eigenvalue weighted by Gasteiger charge is -2.35. The predicted octanol–water partition coefficient (Wildman–Crippen LogP) is 4.23. The summed E-state index contributed by atoms with van der Waals surface area (Å²) < 4.78 is 1.12. The fraction of sp³-hybridized carbons (Fsp3) is 0.533. The van der Waals surface area contributed by atoms with Crippen molar-refractivity contribution in [1.29, 1.82) is 0 Å². The quantitative estimate of drug-likeness (QED) is 0.897. The first kappa shape index (κ1) is 13.3. The Bertz CT molecular complexity index is 585. The number of rotatable bonds is 2. The molecule has 1 fully saturated rings. The zero-order valence-corrected chi connectivity index (χ0v) is 12.9. The summed E-state index contributed by atoms with van der Waals surface area (Å²) in [6, 6.07) is 5.97. The number of halogens is 1. The molecule has 1 aliphatic heterocycles. The van der Waals surface area contributed by atoms with Gasteiger partial charge >= 0.3 is 0 Å². The van der Waals surface area contributed by atoms with Crippen LogP contribution >= 0.6 is 22.9 Å². The first-order chi connectivity index (χ1) is 9.09. The van der Waals surface area contributed by atoms with E-state index in [1.165, 1.54) is 17.8 Å². The van der Waals surface area contributed by atoms with Crippen molar-refractivity contribution in [2.45, 2.75) is 32.1 Å². The van der Waals surface area contributed by atoms with Crippen LogP contribution in [0, 0.1) is 5.92 Å². The molecular formula is C15H19ClN2S. The van der Waals surface area contributed by atoms with E-state index < -0.39 is 0 Å². The van der Waals surface area contributed by atoms with Crippen LogP contribution in [0.1, 0.15) is 31.7 Å². The predicted molar refractivity (Wildman–Crippen MR) is 83.2 cm³/mol. The van der Waals surface area contributed by atoms with E-state index in [-0.39, 0.29) is 5.41 Å². The van der Waals surface area contributed by atoms with Gasteiger partial charge in [-0.15, -0.1) is 11.3 Å². The molecule has 2 heterocycles. The van der Waals surface area contributed by atoms with E-state index >= 15 is 0 Å². The molecular weight excluding hydrogens is 276 g/mol. The Hall–Kier alpha value is -0.640. The molecule has 1 aromatic carbocycles. The van der Waals surface area contributed by atoms with Gasteiger partial charge in [-0.25, -0.2) is 4.98 Å². The number of thiazole rings is 1. The van der Waals surface area contributed by atoms with Gasteiger partial charge in [0.2, 0.25) is 0 Å². The normalized spacial score (nSPS) is 20.9. The second kappa shape index (κ2) is 5.04. The summed E-state index contributed by atoms with van der Waals surface area (Å²) >= 11 is 8.02. The van der Waals surface area contributed by atoms with Gasteiger partial charge in [0.05, 0.1) is 20.2 Å². The van der Waals surface area contributed by atoms with Crippen molar-refractivity contribution in [2.75, 3.05) is 13.1 Å². The van der Waals surface area contributed by atoms with Gasteiger partial charge in [-0.05, 0) is 44.0 Å². The Morgan fingerprint density at radius 1 is 1.42 bits per heavy atom. The third-order valence-electron chi connectivity index (χ3n) is 4.24. The number of hydrogen-bond donors (Lipinski definition) is 1. The Kier molecular flexibility index (Phi) is 3.54. The van der Waals surface area contributed by atoms with Crippen LogP contribution in [-0.2, 0) is 5.41 Å². The summed E-state index contributed by atoms with van der Waals surface area (Å²) in [4.78, 5) is 4.83. The molecule has 0 aliphatic carbocycles. The summed E-state index contributed by atoms with van der Waals surface area (Å²) in [5, 5.41) is 5.54. The molecule has 1 aliphatic rings. The van der Waals surface area contributed by atoms with Crippen LogP contribution in [-0.4, -0.2) is 18.1 Å². The lowest BCUT2D eigenvalue weighted by Crippen LogP contribution is -2.40. The van der Waals surface area contributed by atoms with E-state index in [1.54, 1.807) is 11.3 Å². The van der Waals surface area contributed by atoms with Crippen LogP contribution in [0.25, 0.3) is 10.2 Å². The summed E-state index contributed by atoms with van der Waals surface area (Å²) in [6.07, 6.45) is 2.55. The molecule has 3 rings (SSSR count). The third kappa shape index (κ3) is 2.39. The minimum absolute atomic E-state index is 0.112. The summed E-state index contributed by atoms with van der Waals surface area (Å²) in [5.74, 6) is 0.653. The second-order valence-corrected chi connectivity index (χ2v) is 7.28. The van der Waals surface area contributed by atoms with E-state index in [1.807, 2.05) is 12.1 Å². The first-order valence-corrected chi connectivity index (χ1v) is 8.05. The first-order valence-electron chi connectivity index (χ1n) is 6.85. The molecule has 0 amide bonds. The van der Waals surface area contributed by atoms with Gasteiger partial charge in [-0.3, -0.25) is 0 Å². The molecule has 1 atom stereocenters. The summed E-state index contributed by atoms with van der Waals surface area (Å²) in [5.41, 5.74) is 1.14. The number of fused-ring (bicyclic) bond motifs is 1. The molecule has 0 spiro atoms. The minimum Gasteiger partial charge on any atom is -0.316 e. The zero-order chi connectivity index (χ0) is 13.5. The fourth-order valence-electron chi connectivity index (χ4n) is 2.83. The molecule has 19 heavy (non-hydrogen) atoms. The van der Waals surface area contributed by atoms with Crippen LogP contribution in [0.2, 0.25) is 5.02 Å². The minimum atomic E-state index is 0.112. The highest BCUT2D eigenvalue weighted by Gasteiger charge is 2.35. The Balaban J connectivity index is 2.00. The van der Waals surface area contributed by atoms with Gasteiger partial charge in [0, 0.05) is 5.41 Å². The summed E-state index contributed by atoms with van der Waals surface area (Å²) in [6.45, 7) is 6.88. The van der Waals surface area contributed by atoms with Crippen LogP contribution < -0.4 is 5.32 Å².